The predicted octanol–water partition coefficient (Wildman–Crippen LogP) is 4.46. The van der Waals surface area contributed by atoms with Gasteiger partial charge in [-0.05, 0) is 48.8 Å². The van der Waals surface area contributed by atoms with E-state index >= 15 is 0 Å². The zero-order valence-electron chi connectivity index (χ0n) is 15.1. The highest BCUT2D eigenvalue weighted by atomic mass is 16.5. The van der Waals surface area contributed by atoms with Gasteiger partial charge in [-0.15, -0.1) is 0 Å². The topological polar surface area (TPSA) is 68.1 Å². The maximum absolute atomic E-state index is 11.6. The number of aromatic amines is 1. The summed E-state index contributed by atoms with van der Waals surface area (Å²) in [5.74, 6) is 0.811. The summed E-state index contributed by atoms with van der Waals surface area (Å²) in [5, 5.41) is 1.23. The van der Waals surface area contributed by atoms with Gasteiger partial charge in [0.25, 0.3) is 0 Å². The fraction of sp³-hybridized carbons (Fsp3) is 0.429. The van der Waals surface area contributed by atoms with E-state index in [0.717, 1.165) is 5.92 Å². The Morgan fingerprint density at radius 3 is 2.88 bits per heavy atom. The van der Waals surface area contributed by atoms with Crippen molar-refractivity contribution < 1.29 is 13.9 Å². The van der Waals surface area contributed by atoms with Gasteiger partial charge in [0.2, 0.25) is 0 Å². The Morgan fingerprint density at radius 1 is 1.38 bits per heavy atom. The van der Waals surface area contributed by atoms with E-state index in [1.807, 2.05) is 0 Å². The van der Waals surface area contributed by atoms with Crippen molar-refractivity contribution in [1.29, 1.82) is 0 Å². The number of nitrogens with one attached hydrogen (secondary N) is 1. The lowest BCUT2D eigenvalue weighted by Gasteiger charge is -2.09. The standard InChI is InChI=1S/C21H22N2O3/c1-21(7-8-21)19-15(10-18-22-17(11-26-18)20(24)25-2)14-6-5-13(12-3-4-12)9-16(14)23-19/h5-6,9,11-12,23H,3-4,7-8,10H2,1-2H3. The molecule has 26 heavy (non-hydrogen) atoms. The fourth-order valence-electron chi connectivity index (χ4n) is 3.82. The highest BCUT2D eigenvalue weighted by molar-refractivity contribution is 5.87. The van der Waals surface area contributed by atoms with Gasteiger partial charge in [-0.3, -0.25) is 0 Å². The second-order valence-corrected chi connectivity index (χ2v) is 7.91. The van der Waals surface area contributed by atoms with E-state index in [0.29, 0.717) is 12.3 Å². The molecule has 2 aromatic heterocycles. The van der Waals surface area contributed by atoms with Crippen molar-refractivity contribution in [3.05, 3.63) is 52.9 Å². The second-order valence-electron chi connectivity index (χ2n) is 7.91. The molecule has 5 rings (SSSR count). The molecule has 0 bridgehead atoms. The third kappa shape index (κ3) is 2.54. The molecule has 0 saturated heterocycles. The smallest absolute Gasteiger partial charge is 0.360 e. The van der Waals surface area contributed by atoms with Crippen LogP contribution in [-0.2, 0) is 16.6 Å². The number of fused-ring (bicyclic) bond motifs is 1. The molecular formula is C21H22N2O3. The number of H-pyrrole nitrogens is 1. The maximum atomic E-state index is 11.6. The first kappa shape index (κ1) is 15.7. The minimum atomic E-state index is -0.470. The van der Waals surface area contributed by atoms with Crippen LogP contribution in [0.3, 0.4) is 0 Å². The number of nitrogens with zero attached hydrogens (tertiary/aromatic N) is 1. The normalized spacial score (nSPS) is 18.2. The molecule has 1 aromatic carbocycles. The van der Waals surface area contributed by atoms with Crippen LogP contribution >= 0.6 is 0 Å². The van der Waals surface area contributed by atoms with Crippen LogP contribution < -0.4 is 0 Å². The number of aromatic nitrogens is 2. The molecule has 3 aromatic rings. The molecule has 2 aliphatic carbocycles. The summed E-state index contributed by atoms with van der Waals surface area (Å²) in [7, 11) is 1.35. The summed E-state index contributed by atoms with van der Waals surface area (Å²) >= 11 is 0. The summed E-state index contributed by atoms with van der Waals surface area (Å²) < 4.78 is 10.3. The Hall–Kier alpha value is -2.56. The molecule has 0 spiro atoms. The number of ether oxygens (including phenoxy) is 1. The number of carbonyl (C=O) groups excluding carboxylic acids is 1. The Morgan fingerprint density at radius 2 is 2.19 bits per heavy atom. The van der Waals surface area contributed by atoms with Gasteiger partial charge in [0.1, 0.15) is 6.26 Å². The number of esters is 1. The van der Waals surface area contributed by atoms with Crippen molar-refractivity contribution in [3.8, 4) is 0 Å². The van der Waals surface area contributed by atoms with Crippen LogP contribution in [0.4, 0.5) is 0 Å². The molecule has 2 saturated carbocycles. The lowest BCUT2D eigenvalue weighted by atomic mass is 9.97. The Balaban J connectivity index is 1.56. The first-order chi connectivity index (χ1) is 12.6. The second kappa shape index (κ2) is 5.47. The largest absolute Gasteiger partial charge is 0.464 e. The van der Waals surface area contributed by atoms with Crippen LogP contribution in [0.15, 0.2) is 28.9 Å². The van der Waals surface area contributed by atoms with Crippen molar-refractivity contribution in [3.63, 3.8) is 0 Å². The van der Waals surface area contributed by atoms with Gasteiger partial charge in [-0.1, -0.05) is 19.1 Å². The summed E-state index contributed by atoms with van der Waals surface area (Å²) in [5.41, 5.74) is 5.59. The molecule has 2 heterocycles. The minimum Gasteiger partial charge on any atom is -0.464 e. The molecule has 2 aliphatic rings. The molecule has 0 amide bonds. The van der Waals surface area contributed by atoms with Crippen LogP contribution in [0.5, 0.6) is 0 Å². The number of hydrogen-bond donors (Lipinski definition) is 1. The number of oxazole rings is 1. The minimum absolute atomic E-state index is 0.214. The maximum Gasteiger partial charge on any atom is 0.360 e. The fourth-order valence-corrected chi connectivity index (χ4v) is 3.82. The lowest BCUT2D eigenvalue weighted by molar-refractivity contribution is 0.0594. The van der Waals surface area contributed by atoms with Gasteiger partial charge in [-0.25, -0.2) is 9.78 Å². The van der Waals surface area contributed by atoms with E-state index in [9.17, 15) is 4.79 Å². The third-order valence-electron chi connectivity index (χ3n) is 5.86. The summed E-state index contributed by atoms with van der Waals surface area (Å²) in [4.78, 5) is 19.6. The van der Waals surface area contributed by atoms with Gasteiger partial charge >= 0.3 is 5.97 Å². The van der Waals surface area contributed by atoms with E-state index in [1.54, 1.807) is 0 Å². The SMILES string of the molecule is COC(=O)c1coc(Cc2c(C3(C)CC3)[nH]c3cc(C4CC4)ccc23)n1. The Kier molecular flexibility index (Phi) is 3.30. The quantitative estimate of drug-likeness (QED) is 0.690. The van der Waals surface area contributed by atoms with Gasteiger partial charge in [0.05, 0.1) is 13.5 Å². The molecule has 5 nitrogen and oxygen atoms in total. The molecule has 1 N–H and O–H groups in total. The molecule has 5 heteroatoms. The van der Waals surface area contributed by atoms with Crippen molar-refractivity contribution in [2.24, 2.45) is 0 Å². The summed E-state index contributed by atoms with van der Waals surface area (Å²) in [6, 6.07) is 6.79. The lowest BCUT2D eigenvalue weighted by Crippen LogP contribution is -2.05. The van der Waals surface area contributed by atoms with Gasteiger partial charge in [0.15, 0.2) is 11.6 Å². The van der Waals surface area contributed by atoms with Crippen molar-refractivity contribution >= 4 is 16.9 Å². The average molecular weight is 350 g/mol. The number of hydrogen-bond acceptors (Lipinski definition) is 4. The molecule has 0 radical (unpaired) electrons. The first-order valence-electron chi connectivity index (χ1n) is 9.25. The van der Waals surface area contributed by atoms with E-state index < -0.39 is 5.97 Å². The molecule has 0 unspecified atom stereocenters. The van der Waals surface area contributed by atoms with Crippen molar-refractivity contribution in [2.75, 3.05) is 7.11 Å². The zero-order chi connectivity index (χ0) is 17.9. The van der Waals surface area contributed by atoms with E-state index in [-0.39, 0.29) is 11.1 Å². The van der Waals surface area contributed by atoms with Crippen LogP contribution in [-0.4, -0.2) is 23.0 Å². The molecule has 134 valence electrons. The highest BCUT2D eigenvalue weighted by Gasteiger charge is 2.42. The van der Waals surface area contributed by atoms with Crippen LogP contribution in [0.25, 0.3) is 10.9 Å². The van der Waals surface area contributed by atoms with E-state index in [2.05, 4.69) is 35.1 Å². The van der Waals surface area contributed by atoms with Crippen molar-refractivity contribution in [1.82, 2.24) is 9.97 Å². The zero-order valence-corrected chi connectivity index (χ0v) is 15.1. The molecule has 2 fully saturated rings. The van der Waals surface area contributed by atoms with Crippen molar-refractivity contribution in [2.45, 2.75) is 50.4 Å². The monoisotopic (exact) mass is 350 g/mol. The Labute approximate surface area is 151 Å². The van der Waals surface area contributed by atoms with Gasteiger partial charge in [-0.2, -0.15) is 0 Å². The van der Waals surface area contributed by atoms with Gasteiger partial charge in [0, 0.05) is 22.0 Å². The van der Waals surface area contributed by atoms with E-state index in [4.69, 9.17) is 9.15 Å². The predicted molar refractivity (Wildman–Crippen MR) is 97.5 cm³/mol. The summed E-state index contributed by atoms with van der Waals surface area (Å²) in [6.45, 7) is 2.30. The summed E-state index contributed by atoms with van der Waals surface area (Å²) in [6.07, 6.45) is 6.94. The number of carbonyl (C=O) groups is 1. The number of rotatable bonds is 5. The number of methoxy groups -OCH3 is 1. The molecular weight excluding hydrogens is 328 g/mol. The Bertz CT molecular complexity index is 1010. The highest BCUT2D eigenvalue weighted by Crippen LogP contribution is 2.50. The molecule has 0 atom stereocenters. The van der Waals surface area contributed by atoms with Crippen LogP contribution in [0.1, 0.15) is 71.7 Å². The third-order valence-corrected chi connectivity index (χ3v) is 5.86. The first-order valence-corrected chi connectivity index (χ1v) is 9.25. The van der Waals surface area contributed by atoms with E-state index in [1.165, 1.54) is 66.8 Å². The number of benzene rings is 1. The van der Waals surface area contributed by atoms with Crippen LogP contribution in [0.2, 0.25) is 0 Å². The van der Waals surface area contributed by atoms with Crippen LogP contribution in [0, 0.1) is 0 Å². The molecule has 0 aliphatic heterocycles. The van der Waals surface area contributed by atoms with Gasteiger partial charge < -0.3 is 14.1 Å². The average Bonchev–Trinajstić information content (AvgIpc) is 3.55.